The molecule has 0 fully saturated rings. The molecule has 58 heavy (non-hydrogen) atoms. The third-order valence-electron chi connectivity index (χ3n) is 12.3. The minimum absolute atomic E-state index is 0.221. The highest BCUT2D eigenvalue weighted by molar-refractivity contribution is 7.25. The number of hydrogen-bond donors (Lipinski definition) is 0. The van der Waals surface area contributed by atoms with Crippen molar-refractivity contribution in [3.63, 3.8) is 0 Å². The van der Waals surface area contributed by atoms with E-state index in [4.69, 9.17) is 4.42 Å². The van der Waals surface area contributed by atoms with Crippen molar-refractivity contribution in [3.8, 4) is 39.2 Å². The first-order valence-corrected chi connectivity index (χ1v) is 20.8. The van der Waals surface area contributed by atoms with Gasteiger partial charge in [0.05, 0.1) is 16.7 Å². The van der Waals surface area contributed by atoms with E-state index in [1.54, 1.807) is 0 Å². The molecule has 0 aliphatic heterocycles. The Labute approximate surface area is 339 Å². The Balaban J connectivity index is 0.923. The second-order valence-electron chi connectivity index (χ2n) is 15.5. The van der Waals surface area contributed by atoms with Crippen LogP contribution in [0.4, 0.5) is 0 Å². The molecule has 0 N–H and O–H groups in total. The molecular formula is C54H36N2OS. The monoisotopic (exact) mass is 760 g/mol. The van der Waals surface area contributed by atoms with Gasteiger partial charge in [0.25, 0.3) is 0 Å². The first kappa shape index (κ1) is 33.2. The van der Waals surface area contributed by atoms with Crippen LogP contribution in [0.2, 0.25) is 0 Å². The smallest absolute Gasteiger partial charge is 0.135 e. The zero-order chi connectivity index (χ0) is 38.3. The van der Waals surface area contributed by atoms with Gasteiger partial charge >= 0.3 is 0 Å². The van der Waals surface area contributed by atoms with E-state index in [9.17, 15) is 0 Å². The van der Waals surface area contributed by atoms with Crippen LogP contribution in [-0.4, -0.2) is 9.55 Å². The highest BCUT2D eigenvalue weighted by Gasteiger charge is 2.29. The average molecular weight is 761 g/mol. The summed E-state index contributed by atoms with van der Waals surface area (Å²) < 4.78 is 11.6. The molecule has 7 aromatic carbocycles. The van der Waals surface area contributed by atoms with Crippen LogP contribution in [0.5, 0.6) is 0 Å². The van der Waals surface area contributed by atoms with Gasteiger partial charge < -0.3 is 8.98 Å². The number of aromatic nitrogens is 2. The quantitative estimate of drug-likeness (QED) is 0.175. The first-order chi connectivity index (χ1) is 28.6. The maximum Gasteiger partial charge on any atom is 0.135 e. The molecule has 4 heteroatoms. The molecule has 0 saturated heterocycles. The summed E-state index contributed by atoms with van der Waals surface area (Å²) in [7, 11) is 0. The topological polar surface area (TPSA) is 31.0 Å². The zero-order valence-electron chi connectivity index (χ0n) is 31.8. The van der Waals surface area contributed by atoms with E-state index in [1.807, 2.05) is 29.7 Å². The maximum absolute atomic E-state index is 6.48. The van der Waals surface area contributed by atoms with Gasteiger partial charge in [-0.25, -0.2) is 0 Å². The number of allylic oxidation sites excluding steroid dienone is 1. The summed E-state index contributed by atoms with van der Waals surface area (Å²) in [6.07, 6.45) is 6.33. The van der Waals surface area contributed by atoms with Crippen LogP contribution in [0.25, 0.3) is 98.2 Å². The number of thiophene rings is 1. The lowest BCUT2D eigenvalue weighted by atomic mass is 9.77. The van der Waals surface area contributed by atoms with Gasteiger partial charge in [-0.15, -0.1) is 11.3 Å². The molecule has 274 valence electrons. The van der Waals surface area contributed by atoms with Crippen molar-refractivity contribution >= 4 is 70.4 Å². The minimum atomic E-state index is 0.221. The molecule has 4 aromatic heterocycles. The van der Waals surface area contributed by atoms with Crippen molar-refractivity contribution in [1.29, 1.82) is 0 Å². The Morgan fingerprint density at radius 1 is 0.534 bits per heavy atom. The second-order valence-corrected chi connectivity index (χ2v) is 16.6. The highest BCUT2D eigenvalue weighted by Crippen LogP contribution is 2.46. The molecule has 4 heterocycles. The molecule has 3 nitrogen and oxygen atoms in total. The number of para-hydroxylation sites is 1. The minimum Gasteiger partial charge on any atom is -0.456 e. The van der Waals surface area contributed by atoms with Crippen LogP contribution in [0, 0.1) is 0 Å². The normalized spacial score (nSPS) is 15.3. The number of furan rings is 1. The molecule has 1 aliphatic carbocycles. The van der Waals surface area contributed by atoms with Gasteiger partial charge in [0.1, 0.15) is 11.3 Å². The first-order valence-electron chi connectivity index (χ1n) is 20.0. The van der Waals surface area contributed by atoms with Gasteiger partial charge in [0, 0.05) is 65.3 Å². The van der Waals surface area contributed by atoms with Crippen LogP contribution in [0.15, 0.2) is 187 Å². The van der Waals surface area contributed by atoms with E-state index in [2.05, 4.69) is 186 Å². The third-order valence-corrected chi connectivity index (χ3v) is 13.4. The summed E-state index contributed by atoms with van der Waals surface area (Å²) in [5.41, 5.74) is 14.0. The predicted molar refractivity (Wildman–Crippen MR) is 244 cm³/mol. The number of rotatable bonds is 5. The van der Waals surface area contributed by atoms with Crippen LogP contribution in [0.1, 0.15) is 35.6 Å². The van der Waals surface area contributed by atoms with E-state index >= 15 is 0 Å². The second kappa shape index (κ2) is 13.0. The fourth-order valence-electron chi connectivity index (χ4n) is 9.45. The predicted octanol–water partition coefficient (Wildman–Crippen LogP) is 15.2. The number of hydrogen-bond acceptors (Lipinski definition) is 3. The Hall–Kier alpha value is -7.01. The van der Waals surface area contributed by atoms with Crippen molar-refractivity contribution in [2.45, 2.75) is 18.8 Å². The van der Waals surface area contributed by atoms with Crippen molar-refractivity contribution in [2.75, 3.05) is 0 Å². The zero-order valence-corrected chi connectivity index (χ0v) is 32.6. The van der Waals surface area contributed by atoms with Gasteiger partial charge in [-0.3, -0.25) is 4.98 Å². The number of fused-ring (bicyclic) bond motifs is 9. The molecule has 0 radical (unpaired) electrons. The lowest BCUT2D eigenvalue weighted by molar-refractivity contribution is 0.574. The summed E-state index contributed by atoms with van der Waals surface area (Å²) in [4.78, 5) is 4.61. The molecule has 0 bridgehead atoms. The van der Waals surface area contributed by atoms with Crippen LogP contribution >= 0.6 is 11.3 Å². The standard InChI is InChI=1S/C54H36N2OS/c1-33-41(38-11-8-12-39(28-38)47-16-6-7-27-55-47)22-25-51-54(33)46-32-36(20-24-50(46)57-51)34-10-9-13-40(29-34)56-48-17-4-2-14-42(48)44-30-35(19-23-49(44)56)37-21-26-53-45(31-37)43-15-3-5-18-52(43)58-53/h2-33,41H,1H3. The fourth-order valence-corrected chi connectivity index (χ4v) is 10.5. The summed E-state index contributed by atoms with van der Waals surface area (Å²) in [5, 5.41) is 6.33. The lowest BCUT2D eigenvalue weighted by Gasteiger charge is -2.25. The molecule has 0 amide bonds. The molecule has 2 atom stereocenters. The summed E-state index contributed by atoms with van der Waals surface area (Å²) in [6, 6.07) is 61.9. The SMILES string of the molecule is CC1c2c(oc3ccc(-c4cccc(-n5c6ccccc6c6cc(-c7ccc8sc9ccccc9c8c7)ccc65)c4)cc23)C=CC1c1cccc(-c2ccccn2)c1. The van der Waals surface area contributed by atoms with E-state index in [0.29, 0.717) is 0 Å². The van der Waals surface area contributed by atoms with Crippen LogP contribution in [-0.2, 0) is 0 Å². The van der Waals surface area contributed by atoms with Gasteiger partial charge in [-0.2, -0.15) is 0 Å². The molecular weight excluding hydrogens is 725 g/mol. The largest absolute Gasteiger partial charge is 0.456 e. The van der Waals surface area contributed by atoms with E-state index in [-0.39, 0.29) is 11.8 Å². The average Bonchev–Trinajstić information content (AvgIpc) is 3.96. The van der Waals surface area contributed by atoms with Crippen LogP contribution < -0.4 is 0 Å². The van der Waals surface area contributed by atoms with Crippen LogP contribution in [0.3, 0.4) is 0 Å². The molecule has 1 aliphatic rings. The maximum atomic E-state index is 6.48. The van der Waals surface area contributed by atoms with Crippen molar-refractivity contribution in [3.05, 3.63) is 199 Å². The number of benzene rings is 7. The Bertz CT molecular complexity index is 3440. The van der Waals surface area contributed by atoms with Gasteiger partial charge in [0.2, 0.25) is 0 Å². The summed E-state index contributed by atoms with van der Waals surface area (Å²) in [5.74, 6) is 1.41. The molecule has 11 aromatic rings. The highest BCUT2D eigenvalue weighted by atomic mass is 32.1. The summed E-state index contributed by atoms with van der Waals surface area (Å²) in [6.45, 7) is 2.33. The van der Waals surface area contributed by atoms with Crippen molar-refractivity contribution in [2.24, 2.45) is 0 Å². The number of nitrogens with zero attached hydrogens (tertiary/aromatic N) is 2. The Morgan fingerprint density at radius 3 is 2.14 bits per heavy atom. The van der Waals surface area contributed by atoms with E-state index in [0.717, 1.165) is 28.3 Å². The summed E-state index contributed by atoms with van der Waals surface area (Å²) >= 11 is 1.86. The van der Waals surface area contributed by atoms with E-state index < -0.39 is 0 Å². The Morgan fingerprint density at radius 2 is 1.24 bits per heavy atom. The van der Waals surface area contributed by atoms with Gasteiger partial charge in [0.15, 0.2) is 0 Å². The fraction of sp³-hybridized carbons (Fsp3) is 0.0556. The van der Waals surface area contributed by atoms with Gasteiger partial charge in [-0.1, -0.05) is 104 Å². The molecule has 12 rings (SSSR count). The Kier molecular flexibility index (Phi) is 7.44. The third kappa shape index (κ3) is 5.22. The van der Waals surface area contributed by atoms with Crippen molar-refractivity contribution < 1.29 is 4.42 Å². The number of pyridine rings is 1. The molecule has 0 spiro atoms. The molecule has 2 unspecified atom stereocenters. The lowest BCUT2D eigenvalue weighted by Crippen LogP contribution is -2.10. The van der Waals surface area contributed by atoms with Crippen molar-refractivity contribution in [1.82, 2.24) is 9.55 Å². The molecule has 0 saturated carbocycles. The van der Waals surface area contributed by atoms with E-state index in [1.165, 1.54) is 80.7 Å². The van der Waals surface area contributed by atoms with Gasteiger partial charge in [-0.05, 0) is 119 Å².